The van der Waals surface area contributed by atoms with Gasteiger partial charge in [-0.15, -0.1) is 0 Å². The molecule has 0 aliphatic heterocycles. The Morgan fingerprint density at radius 3 is 2.62 bits per heavy atom. The maximum atomic E-state index is 13.9. The molecule has 0 radical (unpaired) electrons. The fraction of sp³-hybridized carbons (Fsp3) is 0.167. The van der Waals surface area contributed by atoms with Crippen LogP contribution in [0.25, 0.3) is 0 Å². The zero-order valence-electron chi connectivity index (χ0n) is 12.8. The second-order valence-corrected chi connectivity index (χ2v) is 6.63. The van der Waals surface area contributed by atoms with Crippen LogP contribution in [0, 0.1) is 5.82 Å². The summed E-state index contributed by atoms with van der Waals surface area (Å²) in [6, 6.07) is 14.6. The molecule has 1 heterocycles. The number of hydrogen-bond acceptors (Lipinski definition) is 3. The van der Waals surface area contributed by atoms with E-state index in [1.54, 1.807) is 12.1 Å². The van der Waals surface area contributed by atoms with E-state index < -0.39 is 0 Å². The molecular formula is C18H16ClFN2OS. The van der Waals surface area contributed by atoms with Gasteiger partial charge in [-0.25, -0.2) is 9.37 Å². The summed E-state index contributed by atoms with van der Waals surface area (Å²) in [4.78, 5) is 4.41. The molecule has 0 atom stereocenters. The first kappa shape index (κ1) is 17.0. The SMILES string of the molecule is OCc1cn(Cc2ccccc2)c(SCc2c(F)cccc2Cl)n1. The minimum atomic E-state index is -0.321. The first-order valence-corrected chi connectivity index (χ1v) is 8.80. The van der Waals surface area contributed by atoms with Gasteiger partial charge in [-0.1, -0.05) is 59.8 Å². The molecule has 3 rings (SSSR count). The number of hydrogen-bond donors (Lipinski definition) is 1. The van der Waals surface area contributed by atoms with Crippen LogP contribution in [0.15, 0.2) is 59.9 Å². The van der Waals surface area contributed by atoms with Gasteiger partial charge in [-0.05, 0) is 17.7 Å². The number of thioether (sulfide) groups is 1. The average molecular weight is 363 g/mol. The van der Waals surface area contributed by atoms with Crippen LogP contribution in [-0.2, 0) is 18.9 Å². The number of aromatic nitrogens is 2. The van der Waals surface area contributed by atoms with Crippen molar-refractivity contribution in [2.45, 2.75) is 24.1 Å². The minimum Gasteiger partial charge on any atom is -0.390 e. The molecule has 0 saturated heterocycles. The topological polar surface area (TPSA) is 38.0 Å². The Morgan fingerprint density at radius 1 is 1.12 bits per heavy atom. The van der Waals surface area contributed by atoms with E-state index >= 15 is 0 Å². The number of imidazole rings is 1. The average Bonchev–Trinajstić information content (AvgIpc) is 2.97. The number of aliphatic hydroxyl groups is 1. The molecular weight excluding hydrogens is 347 g/mol. The summed E-state index contributed by atoms with van der Waals surface area (Å²) in [5.74, 6) is 0.0564. The molecule has 3 nitrogen and oxygen atoms in total. The van der Waals surface area contributed by atoms with Gasteiger partial charge in [0, 0.05) is 29.1 Å². The quantitative estimate of drug-likeness (QED) is 0.656. The fourth-order valence-electron chi connectivity index (χ4n) is 2.34. The largest absolute Gasteiger partial charge is 0.390 e. The van der Waals surface area contributed by atoms with Crippen molar-refractivity contribution in [3.8, 4) is 0 Å². The van der Waals surface area contributed by atoms with Gasteiger partial charge in [0.25, 0.3) is 0 Å². The Bertz CT molecular complexity index is 803. The van der Waals surface area contributed by atoms with Crippen LogP contribution in [0.3, 0.4) is 0 Å². The summed E-state index contributed by atoms with van der Waals surface area (Å²) >= 11 is 7.48. The van der Waals surface area contributed by atoms with Crippen molar-refractivity contribution in [1.82, 2.24) is 9.55 Å². The second kappa shape index (κ2) is 7.83. The summed E-state index contributed by atoms with van der Waals surface area (Å²) < 4.78 is 15.9. The monoisotopic (exact) mass is 362 g/mol. The second-order valence-electron chi connectivity index (χ2n) is 5.28. The highest BCUT2D eigenvalue weighted by molar-refractivity contribution is 7.98. The zero-order chi connectivity index (χ0) is 16.9. The summed E-state index contributed by atoms with van der Waals surface area (Å²) in [6.07, 6.45) is 1.82. The lowest BCUT2D eigenvalue weighted by atomic mass is 10.2. The smallest absolute Gasteiger partial charge is 0.168 e. The number of rotatable bonds is 6. The van der Waals surface area contributed by atoms with E-state index in [0.717, 1.165) is 10.7 Å². The predicted molar refractivity (Wildman–Crippen MR) is 94.7 cm³/mol. The van der Waals surface area contributed by atoms with Gasteiger partial charge in [0.05, 0.1) is 12.3 Å². The van der Waals surface area contributed by atoms with Gasteiger partial charge in [0.2, 0.25) is 0 Å². The van der Waals surface area contributed by atoms with Crippen LogP contribution in [0.2, 0.25) is 5.02 Å². The lowest BCUT2D eigenvalue weighted by Crippen LogP contribution is -2.00. The van der Waals surface area contributed by atoms with Crippen molar-refractivity contribution in [2.24, 2.45) is 0 Å². The molecule has 0 saturated carbocycles. The maximum Gasteiger partial charge on any atom is 0.168 e. The van der Waals surface area contributed by atoms with Crippen LogP contribution in [0.5, 0.6) is 0 Å². The third-order valence-corrected chi connectivity index (χ3v) is 4.93. The Labute approximate surface area is 149 Å². The third-order valence-electron chi connectivity index (χ3n) is 3.55. The Kier molecular flexibility index (Phi) is 5.56. The molecule has 6 heteroatoms. The number of nitrogens with zero attached hydrogens (tertiary/aromatic N) is 2. The molecule has 24 heavy (non-hydrogen) atoms. The van der Waals surface area contributed by atoms with Gasteiger partial charge < -0.3 is 9.67 Å². The molecule has 0 spiro atoms. The van der Waals surface area contributed by atoms with E-state index in [2.05, 4.69) is 4.98 Å². The van der Waals surface area contributed by atoms with Crippen molar-refractivity contribution in [3.05, 3.63) is 82.4 Å². The van der Waals surface area contributed by atoms with E-state index in [1.165, 1.54) is 17.8 Å². The van der Waals surface area contributed by atoms with Crippen molar-refractivity contribution in [3.63, 3.8) is 0 Å². The normalized spacial score (nSPS) is 11.0. The molecule has 1 aromatic heterocycles. The highest BCUT2D eigenvalue weighted by atomic mass is 35.5. The molecule has 0 bridgehead atoms. The molecule has 0 aliphatic rings. The molecule has 0 amide bonds. The van der Waals surface area contributed by atoms with Crippen molar-refractivity contribution in [1.29, 1.82) is 0 Å². The highest BCUT2D eigenvalue weighted by Crippen LogP contribution is 2.28. The van der Waals surface area contributed by atoms with E-state index in [-0.39, 0.29) is 12.4 Å². The van der Waals surface area contributed by atoms with Crippen LogP contribution < -0.4 is 0 Å². The molecule has 0 aliphatic carbocycles. The van der Waals surface area contributed by atoms with Crippen LogP contribution >= 0.6 is 23.4 Å². The van der Waals surface area contributed by atoms with E-state index in [4.69, 9.17) is 11.6 Å². The Morgan fingerprint density at radius 2 is 1.92 bits per heavy atom. The van der Waals surface area contributed by atoms with E-state index in [0.29, 0.717) is 28.6 Å². The highest BCUT2D eigenvalue weighted by Gasteiger charge is 2.12. The van der Waals surface area contributed by atoms with Gasteiger partial charge in [-0.3, -0.25) is 0 Å². The molecule has 0 unspecified atom stereocenters. The standard InChI is InChI=1S/C18H16ClFN2OS/c19-16-7-4-8-17(20)15(16)12-24-18-21-14(11-23)10-22(18)9-13-5-2-1-3-6-13/h1-8,10,23H,9,11-12H2. The first-order chi connectivity index (χ1) is 11.7. The van der Waals surface area contributed by atoms with Crippen molar-refractivity contribution in [2.75, 3.05) is 0 Å². The molecule has 0 fully saturated rings. The van der Waals surface area contributed by atoms with Crippen molar-refractivity contribution < 1.29 is 9.50 Å². The van der Waals surface area contributed by atoms with Gasteiger partial charge in [-0.2, -0.15) is 0 Å². The van der Waals surface area contributed by atoms with Crippen LogP contribution in [-0.4, -0.2) is 14.7 Å². The van der Waals surface area contributed by atoms with Gasteiger partial charge in [0.15, 0.2) is 5.16 Å². The van der Waals surface area contributed by atoms with Gasteiger partial charge in [0.1, 0.15) is 5.82 Å². The summed E-state index contributed by atoms with van der Waals surface area (Å²) in [5, 5.41) is 10.5. The Balaban J connectivity index is 1.81. The lowest BCUT2D eigenvalue weighted by Gasteiger charge is -2.09. The maximum absolute atomic E-state index is 13.9. The van der Waals surface area contributed by atoms with Crippen LogP contribution in [0.4, 0.5) is 4.39 Å². The Hall–Kier alpha value is -1.82. The van der Waals surface area contributed by atoms with Crippen LogP contribution in [0.1, 0.15) is 16.8 Å². The number of halogens is 2. The summed E-state index contributed by atoms with van der Waals surface area (Å²) in [7, 11) is 0. The molecule has 2 aromatic carbocycles. The minimum absolute atomic E-state index is 0.129. The lowest BCUT2D eigenvalue weighted by molar-refractivity contribution is 0.277. The predicted octanol–water partition coefficient (Wildman–Crippen LogP) is 4.51. The fourth-order valence-corrected chi connectivity index (χ4v) is 3.68. The summed E-state index contributed by atoms with van der Waals surface area (Å²) in [6.45, 7) is 0.511. The van der Waals surface area contributed by atoms with Crippen molar-refractivity contribution >= 4 is 23.4 Å². The third kappa shape index (κ3) is 3.98. The summed E-state index contributed by atoms with van der Waals surface area (Å²) in [5.41, 5.74) is 2.18. The number of aliphatic hydroxyl groups excluding tert-OH is 1. The molecule has 124 valence electrons. The van der Waals surface area contributed by atoms with Gasteiger partial charge >= 0.3 is 0 Å². The molecule has 1 N–H and O–H groups in total. The zero-order valence-corrected chi connectivity index (χ0v) is 14.4. The van der Waals surface area contributed by atoms with E-state index in [1.807, 2.05) is 41.1 Å². The molecule has 3 aromatic rings. The first-order valence-electron chi connectivity index (χ1n) is 7.44. The van der Waals surface area contributed by atoms with E-state index in [9.17, 15) is 9.50 Å². The number of benzene rings is 2.